The molecule has 11 aliphatic rings. The second-order valence-corrected chi connectivity index (χ2v) is 30.2. The van der Waals surface area contributed by atoms with Crippen LogP contribution in [0.25, 0.3) is 0 Å². The molecule has 1 aliphatic heterocycles. The summed E-state index contributed by atoms with van der Waals surface area (Å²) in [6.45, 7) is 32.8. The first-order valence-corrected chi connectivity index (χ1v) is 28.2. The van der Waals surface area contributed by atoms with Gasteiger partial charge in [0.05, 0.1) is 17.3 Å². The van der Waals surface area contributed by atoms with E-state index in [9.17, 15) is 34.8 Å². The summed E-state index contributed by atoms with van der Waals surface area (Å²) in [5.74, 6) is 1.19. The Kier molecular flexibility index (Phi) is 11.2. The monoisotopic (exact) mass is 981 g/mol. The smallest absolute Gasteiger partial charge is 0.178 e. The summed E-state index contributed by atoms with van der Waals surface area (Å²) >= 11 is 0. The number of Topliss-reactive ketones (excluding diaryl/α,β-unsaturated/α-hetero) is 2. The predicted molar refractivity (Wildman–Crippen MR) is 280 cm³/mol. The van der Waals surface area contributed by atoms with Crippen molar-refractivity contribution in [1.29, 1.82) is 10.5 Å². The molecule has 0 bridgehead atoms. The highest BCUT2D eigenvalue weighted by molar-refractivity contribution is 6.05. The molecule has 0 aromatic carbocycles. The van der Waals surface area contributed by atoms with Crippen molar-refractivity contribution in [2.24, 2.45) is 95.4 Å². The number of aliphatic hydroxyl groups excluding tert-OH is 1. The van der Waals surface area contributed by atoms with Crippen LogP contribution in [0.4, 0.5) is 0 Å². The molecule has 1 heterocycles. The first-order valence-electron chi connectivity index (χ1n) is 28.2. The lowest BCUT2D eigenvalue weighted by Gasteiger charge is -2.69. The number of likely N-dealkylation sites (tertiary alicyclic amines) is 1. The molecule has 16 atom stereocenters. The number of nitrogens with zero attached hydrogens (tertiary/aromatic N) is 3. The molecule has 9 nitrogen and oxygen atoms in total. The maximum absolute atomic E-state index is 14.5. The number of allylic oxidation sites excluding steroid dienone is 8. The van der Waals surface area contributed by atoms with Crippen molar-refractivity contribution in [3.05, 3.63) is 46.6 Å². The van der Waals surface area contributed by atoms with Crippen LogP contribution >= 0.6 is 0 Å². The van der Waals surface area contributed by atoms with E-state index < -0.39 is 21.7 Å². The van der Waals surface area contributed by atoms with Crippen molar-refractivity contribution in [2.75, 3.05) is 13.1 Å². The molecule has 0 unspecified atom stereocenters. The normalized spacial score (nSPS) is 51.0. The molecule has 0 radical (unpaired) electrons. The molecule has 0 spiro atoms. The maximum atomic E-state index is 14.5. The van der Waals surface area contributed by atoms with E-state index in [2.05, 4.69) is 86.3 Å². The third-order valence-electron chi connectivity index (χ3n) is 25.8. The fourth-order valence-corrected chi connectivity index (χ4v) is 20.6. The molecule has 3 N–H and O–H groups in total. The minimum absolute atomic E-state index is 0.0130. The lowest BCUT2D eigenvalue weighted by molar-refractivity contribution is -0.178. The van der Waals surface area contributed by atoms with Gasteiger partial charge < -0.3 is 10.8 Å². The number of nitriles is 2. The fraction of sp³-hybridized carbons (Fsp3) is 0.778. The zero-order valence-electron chi connectivity index (χ0n) is 46.7. The number of ketones is 4. The Balaban J connectivity index is 0.000000167. The summed E-state index contributed by atoms with van der Waals surface area (Å²) < 4.78 is 0. The molecular weight excluding hydrogens is 893 g/mol. The number of hydrogen-bond donors (Lipinski definition) is 2. The van der Waals surface area contributed by atoms with Gasteiger partial charge in [0.15, 0.2) is 23.1 Å². The van der Waals surface area contributed by atoms with Crippen molar-refractivity contribution in [1.82, 2.24) is 4.90 Å². The molecule has 9 heteroatoms. The highest BCUT2D eigenvalue weighted by atomic mass is 16.3. The quantitative estimate of drug-likeness (QED) is 0.260. The number of fused-ring (bicyclic) bond motifs is 14. The van der Waals surface area contributed by atoms with E-state index >= 15 is 0 Å². The average Bonchev–Trinajstić information content (AvgIpc) is 3.28. The van der Waals surface area contributed by atoms with Gasteiger partial charge in [0.25, 0.3) is 0 Å². The summed E-state index contributed by atoms with van der Waals surface area (Å²) in [4.78, 5) is 57.4. The zero-order chi connectivity index (χ0) is 52.8. The molecule has 72 heavy (non-hydrogen) atoms. The van der Waals surface area contributed by atoms with Gasteiger partial charge in [0.2, 0.25) is 0 Å². The lowest BCUT2D eigenvalue weighted by Crippen LogP contribution is -2.68. The van der Waals surface area contributed by atoms with Crippen LogP contribution in [0.5, 0.6) is 0 Å². The third-order valence-corrected chi connectivity index (χ3v) is 25.8. The summed E-state index contributed by atoms with van der Waals surface area (Å²) in [6.07, 6.45) is 22.1. The zero-order valence-corrected chi connectivity index (χ0v) is 46.7. The van der Waals surface area contributed by atoms with Gasteiger partial charge in [-0.2, -0.15) is 10.5 Å². The second-order valence-electron chi connectivity index (χ2n) is 30.2. The molecule has 7 fully saturated rings. The average molecular weight is 981 g/mol. The minimum Gasteiger partial charge on any atom is -0.390 e. The first kappa shape index (κ1) is 52.0. The number of carbonyl (C=O) groups is 4. The van der Waals surface area contributed by atoms with Gasteiger partial charge in [-0.25, -0.2) is 0 Å². The van der Waals surface area contributed by atoms with E-state index in [4.69, 9.17) is 5.73 Å². The molecule has 390 valence electrons. The Morgan fingerprint density at radius 3 is 1.35 bits per heavy atom. The van der Waals surface area contributed by atoms with Crippen LogP contribution in [0.15, 0.2) is 46.6 Å². The summed E-state index contributed by atoms with van der Waals surface area (Å²) in [5, 5.41) is 29.8. The van der Waals surface area contributed by atoms with E-state index in [1.54, 1.807) is 0 Å². The van der Waals surface area contributed by atoms with Gasteiger partial charge >= 0.3 is 0 Å². The second kappa shape index (κ2) is 15.6. The van der Waals surface area contributed by atoms with E-state index in [-0.39, 0.29) is 108 Å². The Morgan fingerprint density at radius 2 is 0.944 bits per heavy atom. The standard InChI is InChI=1S/C33H46N2O3.C30H42N2O2/c1-28(2)24-8-9-32(6)25(31(24,5)15-20(17-34)27(28)38)14-23(37)26-22-16-30(4,35-18-21(36)19-35)12-10-29(22,3)11-13-33(26,32)7;1-25(2)21-8-9-29(6)22(28(21,5)15-18(17-31)24(25)34)14-20(33)23-19-16-27(4,32)12-10-26(19,3)11-13-30(23,29)7/h14-15,21-22,24,26,36H,8-13,16,18-19H2,1-7H3;14-15,19,21,23H,8-13,16,32H2,1-7H3/t22-,24-,26-,29+,30-,31-,32+,33+;19-,21-,23-,26+,27-,28-,29+,30+/m00/s1. The van der Waals surface area contributed by atoms with Crippen LogP contribution in [-0.4, -0.2) is 63.4 Å². The topological polar surface area (TPSA) is 165 Å². The summed E-state index contributed by atoms with van der Waals surface area (Å²) in [5.41, 5.74) is 6.93. The van der Waals surface area contributed by atoms with Crippen LogP contribution < -0.4 is 5.73 Å². The molecular formula is C63H88N4O5. The largest absolute Gasteiger partial charge is 0.390 e. The number of carbonyl (C=O) groups excluding carboxylic acids is 4. The van der Waals surface area contributed by atoms with Crippen molar-refractivity contribution in [2.45, 2.75) is 204 Å². The van der Waals surface area contributed by atoms with Gasteiger partial charge in [0, 0.05) is 57.7 Å². The Hall–Kier alpha value is -3.50. The van der Waals surface area contributed by atoms with Crippen molar-refractivity contribution >= 4 is 23.1 Å². The van der Waals surface area contributed by atoms with Crippen molar-refractivity contribution in [3.8, 4) is 12.1 Å². The van der Waals surface area contributed by atoms with E-state index in [0.717, 1.165) is 103 Å². The van der Waals surface area contributed by atoms with Gasteiger partial charge in [-0.15, -0.1) is 0 Å². The molecule has 0 aromatic rings. The summed E-state index contributed by atoms with van der Waals surface area (Å²) in [7, 11) is 0. The predicted octanol–water partition coefficient (Wildman–Crippen LogP) is 11.6. The lowest BCUT2D eigenvalue weighted by atomic mass is 9.34. The van der Waals surface area contributed by atoms with Crippen LogP contribution in [0.1, 0.15) is 187 Å². The third kappa shape index (κ3) is 6.56. The number of aliphatic hydroxyl groups is 1. The molecule has 0 aromatic heterocycles. The van der Waals surface area contributed by atoms with Crippen LogP contribution in [-0.2, 0) is 19.2 Å². The highest BCUT2D eigenvalue weighted by Gasteiger charge is 2.72. The van der Waals surface area contributed by atoms with Crippen LogP contribution in [0, 0.1) is 112 Å². The van der Waals surface area contributed by atoms with Gasteiger partial charge in [-0.05, 0) is 172 Å². The molecule has 1 saturated heterocycles. The molecule has 0 amide bonds. The minimum atomic E-state index is -0.629. The Morgan fingerprint density at radius 1 is 0.556 bits per heavy atom. The van der Waals surface area contributed by atoms with Crippen molar-refractivity contribution in [3.63, 3.8) is 0 Å². The van der Waals surface area contributed by atoms with Crippen molar-refractivity contribution < 1.29 is 24.3 Å². The number of rotatable bonds is 1. The molecule has 10 aliphatic carbocycles. The highest BCUT2D eigenvalue weighted by Crippen LogP contribution is 2.76. The van der Waals surface area contributed by atoms with E-state index in [1.165, 1.54) is 11.1 Å². The number of β-amino-alcohol motifs (C(OH)–C–C–N with tert-alkyl or cyclic N) is 1. The SMILES string of the molecule is CC1(C)C(=O)C(C#N)=C[C@]2(C)C3=CC(=O)[C@@H]4[C@@H]5C[C@@](C)(N)CC[C@]5(C)CC[C@@]4(C)[C@]3(C)CC[C@@H]12.CC1(C)C(=O)C(C#N)=C[C@]2(C)C3=CC(=O)[C@@H]4[C@@H]5C[C@@](C)(N6CC(O)C6)CC[C@]5(C)CC[C@@]4(C)[C@]3(C)CC[C@@H]12. The number of hydrogen-bond acceptors (Lipinski definition) is 9. The van der Waals surface area contributed by atoms with Gasteiger partial charge in [-0.3, -0.25) is 24.1 Å². The Bertz CT molecular complexity index is 2670. The Labute approximate surface area is 432 Å². The van der Waals surface area contributed by atoms with Gasteiger partial charge in [-0.1, -0.05) is 106 Å². The molecule has 6 saturated carbocycles. The van der Waals surface area contributed by atoms with E-state index in [0.29, 0.717) is 11.8 Å². The molecule has 11 rings (SSSR count). The fourth-order valence-electron chi connectivity index (χ4n) is 20.6. The van der Waals surface area contributed by atoms with Crippen LogP contribution in [0.3, 0.4) is 0 Å². The summed E-state index contributed by atoms with van der Waals surface area (Å²) in [6, 6.07) is 4.39. The number of nitrogens with two attached hydrogens (primary N) is 1. The maximum Gasteiger partial charge on any atom is 0.178 e. The first-order chi connectivity index (χ1) is 33.1. The van der Waals surface area contributed by atoms with E-state index in [1.807, 2.05) is 52.0 Å². The van der Waals surface area contributed by atoms with Crippen LogP contribution in [0.2, 0.25) is 0 Å². The van der Waals surface area contributed by atoms with Gasteiger partial charge in [0.1, 0.15) is 12.1 Å².